The van der Waals surface area contributed by atoms with Crippen molar-refractivity contribution in [3.05, 3.63) is 59.2 Å². The van der Waals surface area contributed by atoms with Crippen LogP contribution in [0.2, 0.25) is 0 Å². The van der Waals surface area contributed by atoms with Crippen LogP contribution in [0.15, 0.2) is 41.6 Å². The third-order valence-corrected chi connectivity index (χ3v) is 5.84. The van der Waals surface area contributed by atoms with E-state index in [1.807, 2.05) is 32.9 Å². The summed E-state index contributed by atoms with van der Waals surface area (Å²) in [6.07, 6.45) is 1.45. The van der Waals surface area contributed by atoms with Crippen LogP contribution in [0.5, 0.6) is 0 Å². The molecule has 0 aliphatic carbocycles. The lowest BCUT2D eigenvalue weighted by Crippen LogP contribution is -2.29. The molecule has 0 radical (unpaired) electrons. The minimum atomic E-state index is -3.55. The monoisotopic (exact) mass is 400 g/mol. The van der Waals surface area contributed by atoms with E-state index in [4.69, 9.17) is 0 Å². The maximum atomic E-state index is 12.5. The van der Waals surface area contributed by atoms with Gasteiger partial charge in [-0.15, -0.1) is 0 Å². The molecule has 0 unspecified atom stereocenters. The summed E-state index contributed by atoms with van der Waals surface area (Å²) in [5.41, 5.74) is 3.64. The zero-order valence-electron chi connectivity index (χ0n) is 16.4. The molecule has 148 valence electrons. The summed E-state index contributed by atoms with van der Waals surface area (Å²) in [5, 5.41) is 7.51. The van der Waals surface area contributed by atoms with Gasteiger partial charge in [-0.25, -0.2) is 27.8 Å². The van der Waals surface area contributed by atoms with Crippen molar-refractivity contribution in [1.82, 2.24) is 24.5 Å². The van der Waals surface area contributed by atoms with Gasteiger partial charge in [0.2, 0.25) is 10.0 Å². The number of anilines is 1. The van der Waals surface area contributed by atoms with E-state index in [2.05, 4.69) is 25.1 Å². The fourth-order valence-corrected chi connectivity index (χ4v) is 4.23. The van der Waals surface area contributed by atoms with Gasteiger partial charge in [0.05, 0.1) is 10.6 Å². The number of benzene rings is 1. The zero-order chi connectivity index (χ0) is 20.3. The summed E-state index contributed by atoms with van der Waals surface area (Å²) < 4.78 is 29.3. The normalized spacial score (nSPS) is 11.6. The molecule has 3 aromatic rings. The van der Waals surface area contributed by atoms with Crippen LogP contribution in [0.3, 0.4) is 0 Å². The molecular formula is C19H24N6O2S. The first-order chi connectivity index (χ1) is 13.3. The van der Waals surface area contributed by atoms with Gasteiger partial charge in [-0.3, -0.25) is 0 Å². The van der Waals surface area contributed by atoms with E-state index in [-0.39, 0.29) is 6.54 Å². The Morgan fingerprint density at radius 2 is 1.79 bits per heavy atom. The summed E-state index contributed by atoms with van der Waals surface area (Å²) in [5.74, 6) is 1.25. The molecule has 9 heteroatoms. The third-order valence-electron chi connectivity index (χ3n) is 4.22. The van der Waals surface area contributed by atoms with Crippen molar-refractivity contribution in [2.45, 2.75) is 32.6 Å². The number of aromatic nitrogens is 4. The van der Waals surface area contributed by atoms with Crippen LogP contribution in [0.4, 0.5) is 5.82 Å². The van der Waals surface area contributed by atoms with Crippen molar-refractivity contribution in [2.24, 2.45) is 0 Å². The van der Waals surface area contributed by atoms with Crippen molar-refractivity contribution < 1.29 is 8.42 Å². The van der Waals surface area contributed by atoms with Crippen LogP contribution in [0.25, 0.3) is 5.82 Å². The SMILES string of the molecule is Cc1ccc(S(=O)(=O)NCCNc2cc(-n3nc(C)cc3C)ncn2)c(C)c1. The Balaban J connectivity index is 1.61. The first-order valence-electron chi connectivity index (χ1n) is 8.93. The van der Waals surface area contributed by atoms with E-state index < -0.39 is 10.0 Å². The molecule has 0 aliphatic heterocycles. The van der Waals surface area contributed by atoms with E-state index in [9.17, 15) is 8.42 Å². The average molecular weight is 401 g/mol. The van der Waals surface area contributed by atoms with Crippen molar-refractivity contribution in [3.63, 3.8) is 0 Å². The number of sulfonamides is 1. The molecule has 2 N–H and O–H groups in total. The van der Waals surface area contributed by atoms with E-state index in [1.54, 1.807) is 29.8 Å². The molecule has 0 amide bonds. The first kappa shape index (κ1) is 20.0. The molecule has 0 saturated carbocycles. The second-order valence-electron chi connectivity index (χ2n) is 6.69. The number of nitrogens with zero attached hydrogens (tertiary/aromatic N) is 4. The maximum Gasteiger partial charge on any atom is 0.240 e. The summed E-state index contributed by atoms with van der Waals surface area (Å²) >= 11 is 0. The molecule has 1 aromatic carbocycles. The topological polar surface area (TPSA) is 102 Å². The molecule has 2 heterocycles. The molecule has 0 atom stereocenters. The van der Waals surface area contributed by atoms with Crippen LogP contribution < -0.4 is 10.0 Å². The van der Waals surface area contributed by atoms with E-state index >= 15 is 0 Å². The summed E-state index contributed by atoms with van der Waals surface area (Å²) in [6.45, 7) is 8.22. The van der Waals surface area contributed by atoms with Crippen molar-refractivity contribution in [3.8, 4) is 5.82 Å². The Morgan fingerprint density at radius 1 is 1.00 bits per heavy atom. The van der Waals surface area contributed by atoms with Gasteiger partial charge in [-0.1, -0.05) is 17.7 Å². The second-order valence-corrected chi connectivity index (χ2v) is 8.43. The maximum absolute atomic E-state index is 12.5. The third kappa shape index (κ3) is 4.55. The molecule has 8 nitrogen and oxygen atoms in total. The molecule has 0 spiro atoms. The number of hydrogen-bond acceptors (Lipinski definition) is 6. The highest BCUT2D eigenvalue weighted by Gasteiger charge is 2.16. The van der Waals surface area contributed by atoms with Crippen LogP contribution in [0, 0.1) is 27.7 Å². The van der Waals surface area contributed by atoms with Crippen LogP contribution in [-0.2, 0) is 10.0 Å². The van der Waals surface area contributed by atoms with Gasteiger partial charge in [-0.2, -0.15) is 5.10 Å². The molecule has 0 saturated heterocycles. The van der Waals surface area contributed by atoms with Crippen LogP contribution in [-0.4, -0.2) is 41.3 Å². The average Bonchev–Trinajstić information content (AvgIpc) is 2.97. The number of aryl methyl sites for hydroxylation is 4. The Hall–Kier alpha value is -2.78. The van der Waals surface area contributed by atoms with E-state index in [1.165, 1.54) is 6.33 Å². The lowest BCUT2D eigenvalue weighted by atomic mass is 10.2. The second kappa shape index (κ2) is 8.07. The fourth-order valence-electron chi connectivity index (χ4n) is 2.97. The highest BCUT2D eigenvalue weighted by Crippen LogP contribution is 2.16. The molecule has 28 heavy (non-hydrogen) atoms. The molecule has 0 bridgehead atoms. The Morgan fingerprint density at radius 3 is 2.46 bits per heavy atom. The lowest BCUT2D eigenvalue weighted by molar-refractivity contribution is 0.582. The zero-order valence-corrected chi connectivity index (χ0v) is 17.2. The predicted octanol–water partition coefficient (Wildman–Crippen LogP) is 2.29. The van der Waals surface area contributed by atoms with Gasteiger partial charge in [0.15, 0.2) is 5.82 Å². The predicted molar refractivity (Wildman–Crippen MR) is 108 cm³/mol. The smallest absolute Gasteiger partial charge is 0.240 e. The van der Waals surface area contributed by atoms with Gasteiger partial charge in [0.1, 0.15) is 12.1 Å². The van der Waals surface area contributed by atoms with Crippen molar-refractivity contribution in [2.75, 3.05) is 18.4 Å². The molecular weight excluding hydrogens is 376 g/mol. The highest BCUT2D eigenvalue weighted by atomic mass is 32.2. The molecule has 3 rings (SSSR count). The van der Waals surface area contributed by atoms with Crippen LogP contribution >= 0.6 is 0 Å². The summed E-state index contributed by atoms with van der Waals surface area (Å²) in [4.78, 5) is 8.72. The van der Waals surface area contributed by atoms with Crippen LogP contribution in [0.1, 0.15) is 22.5 Å². The molecule has 2 aromatic heterocycles. The number of nitrogens with one attached hydrogen (secondary N) is 2. The summed E-state index contributed by atoms with van der Waals surface area (Å²) in [6, 6.07) is 9.02. The van der Waals surface area contributed by atoms with E-state index in [0.29, 0.717) is 23.1 Å². The lowest BCUT2D eigenvalue weighted by Gasteiger charge is -2.11. The van der Waals surface area contributed by atoms with Gasteiger partial charge < -0.3 is 5.32 Å². The van der Waals surface area contributed by atoms with Crippen molar-refractivity contribution in [1.29, 1.82) is 0 Å². The largest absolute Gasteiger partial charge is 0.369 e. The minimum absolute atomic E-state index is 0.231. The van der Waals surface area contributed by atoms with Gasteiger partial charge >= 0.3 is 0 Å². The first-order valence-corrected chi connectivity index (χ1v) is 10.4. The summed E-state index contributed by atoms with van der Waals surface area (Å²) in [7, 11) is -3.55. The molecule has 0 fully saturated rings. The minimum Gasteiger partial charge on any atom is -0.369 e. The number of hydrogen-bond donors (Lipinski definition) is 2. The molecule has 0 aliphatic rings. The van der Waals surface area contributed by atoms with Gasteiger partial charge in [0.25, 0.3) is 0 Å². The Bertz CT molecular complexity index is 1090. The standard InChI is InChI=1S/C19H24N6O2S/c1-13-5-6-17(14(2)9-13)28(26,27)23-8-7-20-18-11-19(22-12-21-18)25-16(4)10-15(3)24-25/h5-6,9-12,23H,7-8H2,1-4H3,(H,20,21,22). The Kier molecular flexibility index (Phi) is 5.76. The highest BCUT2D eigenvalue weighted by molar-refractivity contribution is 7.89. The van der Waals surface area contributed by atoms with Gasteiger partial charge in [-0.05, 0) is 45.4 Å². The van der Waals surface area contributed by atoms with Gasteiger partial charge in [0, 0.05) is 24.8 Å². The van der Waals surface area contributed by atoms with Crippen molar-refractivity contribution >= 4 is 15.8 Å². The quantitative estimate of drug-likeness (QED) is 0.590. The Labute approximate surface area is 165 Å². The fraction of sp³-hybridized carbons (Fsp3) is 0.316. The number of rotatable bonds is 7. The van der Waals surface area contributed by atoms with E-state index in [0.717, 1.165) is 22.5 Å².